The first kappa shape index (κ1) is 12.5. The second-order valence-corrected chi connectivity index (χ2v) is 4.11. The molecule has 2 aromatic rings. The zero-order valence-corrected chi connectivity index (χ0v) is 10.1. The number of rotatable bonds is 3. The Labute approximate surface area is 109 Å². The van der Waals surface area contributed by atoms with Crippen molar-refractivity contribution in [1.29, 1.82) is 0 Å². The first-order valence-electron chi connectivity index (χ1n) is 5.30. The van der Waals surface area contributed by atoms with Crippen molar-refractivity contribution in [3.05, 3.63) is 59.0 Å². The molecule has 0 unspecified atom stereocenters. The van der Waals surface area contributed by atoms with Gasteiger partial charge in [-0.15, -0.1) is 0 Å². The minimum Gasteiger partial charge on any atom is -0.310 e. The van der Waals surface area contributed by atoms with Crippen molar-refractivity contribution in [2.45, 2.75) is 6.42 Å². The molecule has 92 valence electrons. The average Bonchev–Trinajstić information content (AvgIpc) is 2.35. The Morgan fingerprint density at radius 3 is 2.72 bits per heavy atom. The third-order valence-corrected chi connectivity index (χ3v) is 2.53. The number of benzene rings is 1. The molecule has 1 amide bonds. The van der Waals surface area contributed by atoms with E-state index < -0.39 is 5.82 Å². The van der Waals surface area contributed by atoms with Gasteiger partial charge in [-0.25, -0.2) is 9.37 Å². The summed E-state index contributed by atoms with van der Waals surface area (Å²) in [7, 11) is 0. The summed E-state index contributed by atoms with van der Waals surface area (Å²) in [5, 5.41) is 3.06. The predicted octanol–water partition coefficient (Wildman–Crippen LogP) is 3.06. The minimum absolute atomic E-state index is 0.0308. The van der Waals surface area contributed by atoms with E-state index >= 15 is 0 Å². The highest BCUT2D eigenvalue weighted by Gasteiger charge is 2.08. The van der Waals surface area contributed by atoms with Gasteiger partial charge in [-0.05, 0) is 23.8 Å². The molecule has 0 aliphatic rings. The zero-order chi connectivity index (χ0) is 13.0. The Morgan fingerprint density at radius 1 is 1.28 bits per heavy atom. The normalized spacial score (nSPS) is 10.1. The highest BCUT2D eigenvalue weighted by molar-refractivity contribution is 6.30. The summed E-state index contributed by atoms with van der Waals surface area (Å²) in [4.78, 5) is 15.6. The summed E-state index contributed by atoms with van der Waals surface area (Å²) in [5.74, 6) is -0.327. The lowest BCUT2D eigenvalue weighted by molar-refractivity contribution is -0.115. The molecule has 0 bridgehead atoms. The number of amides is 1. The van der Waals surface area contributed by atoms with Crippen molar-refractivity contribution in [3.63, 3.8) is 0 Å². The summed E-state index contributed by atoms with van der Waals surface area (Å²) in [6.45, 7) is 0. The molecule has 0 aliphatic heterocycles. The van der Waals surface area contributed by atoms with Gasteiger partial charge in [0, 0.05) is 6.20 Å². The van der Waals surface area contributed by atoms with Crippen LogP contribution >= 0.6 is 11.6 Å². The second kappa shape index (κ2) is 5.60. The zero-order valence-electron chi connectivity index (χ0n) is 9.36. The largest absolute Gasteiger partial charge is 0.310 e. The molecule has 0 saturated heterocycles. The van der Waals surface area contributed by atoms with Crippen LogP contribution < -0.4 is 5.32 Å². The van der Waals surface area contributed by atoms with E-state index in [1.54, 1.807) is 30.3 Å². The fourth-order valence-electron chi connectivity index (χ4n) is 1.45. The lowest BCUT2D eigenvalue weighted by atomic mass is 10.1. The maximum Gasteiger partial charge on any atom is 0.230 e. The lowest BCUT2D eigenvalue weighted by Crippen LogP contribution is -2.15. The molecular formula is C13H10ClFN2O. The smallest absolute Gasteiger partial charge is 0.230 e. The van der Waals surface area contributed by atoms with E-state index in [1.807, 2.05) is 0 Å². The average molecular weight is 265 g/mol. The molecule has 2 rings (SSSR count). The van der Waals surface area contributed by atoms with E-state index in [0.717, 1.165) is 0 Å². The Hall–Kier alpha value is -1.94. The molecule has 1 heterocycles. The number of nitrogens with zero attached hydrogens (tertiary/aromatic N) is 1. The number of anilines is 1. The van der Waals surface area contributed by atoms with Gasteiger partial charge in [0.1, 0.15) is 11.6 Å². The molecule has 0 saturated carbocycles. The fourth-order valence-corrected chi connectivity index (χ4v) is 1.56. The maximum absolute atomic E-state index is 13.3. The number of carbonyl (C=O) groups is 1. The molecule has 1 aromatic heterocycles. The number of hydrogen-bond acceptors (Lipinski definition) is 2. The molecule has 0 spiro atoms. The molecule has 3 nitrogen and oxygen atoms in total. The molecule has 5 heteroatoms. The molecule has 0 radical (unpaired) electrons. The van der Waals surface area contributed by atoms with Crippen LogP contribution in [0.15, 0.2) is 42.6 Å². The number of aromatic nitrogens is 1. The van der Waals surface area contributed by atoms with Gasteiger partial charge in [-0.3, -0.25) is 4.79 Å². The van der Waals surface area contributed by atoms with Gasteiger partial charge in [0.2, 0.25) is 5.91 Å². The summed E-state index contributed by atoms with van der Waals surface area (Å²) in [6.07, 6.45) is 1.40. The van der Waals surface area contributed by atoms with Gasteiger partial charge in [0.05, 0.1) is 11.4 Å². The molecule has 1 aromatic carbocycles. The van der Waals surface area contributed by atoms with Crippen LogP contribution in [0.5, 0.6) is 0 Å². The Bertz CT molecular complexity index is 557. The summed E-state index contributed by atoms with van der Waals surface area (Å²) < 4.78 is 13.3. The van der Waals surface area contributed by atoms with Crippen molar-refractivity contribution in [2.24, 2.45) is 0 Å². The van der Waals surface area contributed by atoms with Crippen LogP contribution in [0.3, 0.4) is 0 Å². The number of hydrogen-bond donors (Lipinski definition) is 1. The van der Waals surface area contributed by atoms with E-state index in [1.165, 1.54) is 12.3 Å². The van der Waals surface area contributed by atoms with Crippen molar-refractivity contribution >= 4 is 23.3 Å². The number of nitrogens with one attached hydrogen (secondary N) is 1. The van der Waals surface area contributed by atoms with E-state index in [9.17, 15) is 9.18 Å². The van der Waals surface area contributed by atoms with E-state index in [-0.39, 0.29) is 12.3 Å². The second-order valence-electron chi connectivity index (χ2n) is 3.68. The van der Waals surface area contributed by atoms with E-state index in [4.69, 9.17) is 11.6 Å². The maximum atomic E-state index is 13.3. The first-order chi connectivity index (χ1) is 8.65. The quantitative estimate of drug-likeness (QED) is 0.926. The molecule has 0 aliphatic carbocycles. The van der Waals surface area contributed by atoms with Crippen molar-refractivity contribution in [1.82, 2.24) is 4.98 Å². The Morgan fingerprint density at radius 2 is 2.06 bits per heavy atom. The van der Waals surface area contributed by atoms with Gasteiger partial charge in [-0.2, -0.15) is 0 Å². The van der Waals surface area contributed by atoms with Crippen LogP contribution in [0.1, 0.15) is 5.56 Å². The standard InChI is InChI=1S/C13H10ClFN2O/c14-10-5-6-12(16-8-10)17-13(18)7-9-3-1-2-4-11(9)15/h1-6,8H,7H2,(H,16,17,18). The summed E-state index contributed by atoms with van der Waals surface area (Å²) in [6, 6.07) is 9.37. The van der Waals surface area contributed by atoms with Crippen molar-refractivity contribution < 1.29 is 9.18 Å². The van der Waals surface area contributed by atoms with Crippen LogP contribution in [-0.2, 0) is 11.2 Å². The molecule has 18 heavy (non-hydrogen) atoms. The van der Waals surface area contributed by atoms with Crippen molar-refractivity contribution in [2.75, 3.05) is 5.32 Å². The summed E-state index contributed by atoms with van der Waals surface area (Å²) >= 11 is 5.67. The van der Waals surface area contributed by atoms with Gasteiger partial charge in [0.15, 0.2) is 0 Å². The van der Waals surface area contributed by atoms with Crippen LogP contribution in [0.4, 0.5) is 10.2 Å². The number of carbonyl (C=O) groups excluding carboxylic acids is 1. The van der Waals surface area contributed by atoms with Crippen LogP contribution in [-0.4, -0.2) is 10.9 Å². The van der Waals surface area contributed by atoms with Crippen LogP contribution in [0.25, 0.3) is 0 Å². The third kappa shape index (κ3) is 3.28. The summed E-state index contributed by atoms with van der Waals surface area (Å²) in [5.41, 5.74) is 0.351. The number of pyridine rings is 1. The lowest BCUT2D eigenvalue weighted by Gasteiger charge is -2.05. The first-order valence-corrected chi connectivity index (χ1v) is 5.68. The SMILES string of the molecule is O=C(Cc1ccccc1F)Nc1ccc(Cl)cn1. The van der Waals surface area contributed by atoms with Crippen LogP contribution in [0.2, 0.25) is 5.02 Å². The monoisotopic (exact) mass is 264 g/mol. The highest BCUT2D eigenvalue weighted by atomic mass is 35.5. The van der Waals surface area contributed by atoms with Gasteiger partial charge in [-0.1, -0.05) is 29.8 Å². The topological polar surface area (TPSA) is 42.0 Å². The fraction of sp³-hybridized carbons (Fsp3) is 0.0769. The molecular weight excluding hydrogens is 255 g/mol. The predicted molar refractivity (Wildman–Crippen MR) is 68.0 cm³/mol. The van der Waals surface area contributed by atoms with Gasteiger partial charge >= 0.3 is 0 Å². The molecule has 0 fully saturated rings. The van der Waals surface area contributed by atoms with Gasteiger partial charge in [0.25, 0.3) is 0 Å². The third-order valence-electron chi connectivity index (χ3n) is 2.30. The highest BCUT2D eigenvalue weighted by Crippen LogP contribution is 2.11. The minimum atomic E-state index is -0.392. The van der Waals surface area contributed by atoms with Gasteiger partial charge < -0.3 is 5.32 Å². The van der Waals surface area contributed by atoms with Crippen LogP contribution in [0, 0.1) is 5.82 Å². The Kier molecular flexibility index (Phi) is 3.89. The van der Waals surface area contributed by atoms with E-state index in [2.05, 4.69) is 10.3 Å². The Balaban J connectivity index is 2.01. The number of halogens is 2. The molecule has 0 atom stereocenters. The van der Waals surface area contributed by atoms with E-state index in [0.29, 0.717) is 16.4 Å². The van der Waals surface area contributed by atoms with Crippen molar-refractivity contribution in [3.8, 4) is 0 Å². The molecule has 1 N–H and O–H groups in total.